The zero-order valence-corrected chi connectivity index (χ0v) is 13.7. The first-order chi connectivity index (χ1) is 10.2. The average Bonchev–Trinajstić information content (AvgIpc) is 3.07. The minimum atomic E-state index is 0.294. The Morgan fingerprint density at radius 1 is 1.19 bits per heavy atom. The molecule has 0 N–H and O–H groups in total. The first-order valence-corrected chi connectivity index (χ1v) is 8.32. The Bertz CT molecular complexity index is 740. The van der Waals surface area contributed by atoms with Gasteiger partial charge in [-0.3, -0.25) is 0 Å². The SMILES string of the molecule is CC(c1cccs1)N(C)c1ncc(CCl)c2ccccc12. The van der Waals surface area contributed by atoms with E-state index in [1.54, 1.807) is 11.3 Å². The smallest absolute Gasteiger partial charge is 0.136 e. The lowest BCUT2D eigenvalue weighted by Crippen LogP contribution is -2.22. The molecule has 2 heterocycles. The highest BCUT2D eigenvalue weighted by molar-refractivity contribution is 7.10. The molecule has 0 aliphatic rings. The topological polar surface area (TPSA) is 16.1 Å². The molecule has 1 unspecified atom stereocenters. The van der Waals surface area contributed by atoms with E-state index in [4.69, 9.17) is 11.6 Å². The third-order valence-corrected chi connectivity index (χ3v) is 5.20. The molecule has 3 aromatic rings. The van der Waals surface area contributed by atoms with E-state index < -0.39 is 0 Å². The normalized spacial score (nSPS) is 12.5. The Morgan fingerprint density at radius 3 is 2.62 bits per heavy atom. The van der Waals surface area contributed by atoms with Crippen LogP contribution in [-0.4, -0.2) is 12.0 Å². The molecule has 108 valence electrons. The van der Waals surface area contributed by atoms with Crippen molar-refractivity contribution >= 4 is 39.5 Å². The van der Waals surface area contributed by atoms with Gasteiger partial charge in [-0.25, -0.2) is 4.98 Å². The number of fused-ring (bicyclic) bond motifs is 1. The summed E-state index contributed by atoms with van der Waals surface area (Å²) in [5.41, 5.74) is 1.08. The van der Waals surface area contributed by atoms with Gasteiger partial charge in [-0.2, -0.15) is 0 Å². The van der Waals surface area contributed by atoms with Crippen LogP contribution < -0.4 is 4.90 Å². The van der Waals surface area contributed by atoms with Crippen LogP contribution >= 0.6 is 22.9 Å². The lowest BCUT2D eigenvalue weighted by molar-refractivity contribution is 0.745. The summed E-state index contributed by atoms with van der Waals surface area (Å²) in [4.78, 5) is 8.22. The van der Waals surface area contributed by atoms with Gasteiger partial charge in [0.2, 0.25) is 0 Å². The van der Waals surface area contributed by atoms with Crippen molar-refractivity contribution in [1.82, 2.24) is 4.98 Å². The number of anilines is 1. The van der Waals surface area contributed by atoms with Gasteiger partial charge < -0.3 is 4.90 Å². The van der Waals surface area contributed by atoms with Gasteiger partial charge in [-0.05, 0) is 29.3 Å². The van der Waals surface area contributed by atoms with Crippen LogP contribution in [0.4, 0.5) is 5.82 Å². The van der Waals surface area contributed by atoms with E-state index in [1.807, 2.05) is 12.3 Å². The monoisotopic (exact) mass is 316 g/mol. The standard InChI is InChI=1S/C17H17ClN2S/c1-12(16-8-5-9-21-16)20(2)17-15-7-4-3-6-14(15)13(10-18)11-19-17/h3-9,11-12H,10H2,1-2H3. The molecule has 0 saturated heterocycles. The first kappa shape index (κ1) is 14.4. The maximum atomic E-state index is 6.03. The summed E-state index contributed by atoms with van der Waals surface area (Å²) in [6, 6.07) is 12.9. The third kappa shape index (κ3) is 2.63. The molecule has 0 bridgehead atoms. The molecule has 3 rings (SSSR count). The quantitative estimate of drug-likeness (QED) is 0.612. The van der Waals surface area contributed by atoms with Crippen LogP contribution in [0.1, 0.15) is 23.4 Å². The van der Waals surface area contributed by atoms with Gasteiger partial charge in [0.15, 0.2) is 0 Å². The molecule has 0 spiro atoms. The highest BCUT2D eigenvalue weighted by Gasteiger charge is 2.17. The second-order valence-electron chi connectivity index (χ2n) is 5.09. The van der Waals surface area contributed by atoms with Gasteiger partial charge in [0.25, 0.3) is 0 Å². The minimum absolute atomic E-state index is 0.294. The Balaban J connectivity index is 2.08. The molecular formula is C17H17ClN2S. The van der Waals surface area contributed by atoms with E-state index in [0.717, 1.165) is 16.8 Å². The first-order valence-electron chi connectivity index (χ1n) is 6.91. The van der Waals surface area contributed by atoms with Crippen LogP contribution in [0, 0.1) is 0 Å². The minimum Gasteiger partial charge on any atom is -0.352 e. The molecule has 21 heavy (non-hydrogen) atoms. The van der Waals surface area contributed by atoms with Crippen molar-refractivity contribution in [1.29, 1.82) is 0 Å². The summed E-state index contributed by atoms with van der Waals surface area (Å²) in [6.45, 7) is 2.21. The number of nitrogens with zero attached hydrogens (tertiary/aromatic N) is 2. The van der Waals surface area contributed by atoms with Crippen LogP contribution in [0.3, 0.4) is 0 Å². The number of hydrogen-bond donors (Lipinski definition) is 0. The fraction of sp³-hybridized carbons (Fsp3) is 0.235. The molecule has 2 nitrogen and oxygen atoms in total. The number of rotatable bonds is 4. The van der Waals surface area contributed by atoms with Crippen LogP contribution in [0.15, 0.2) is 48.0 Å². The maximum absolute atomic E-state index is 6.03. The predicted molar refractivity (Wildman–Crippen MR) is 92.4 cm³/mol. The number of halogens is 1. The Kier molecular flexibility index (Phi) is 4.13. The van der Waals surface area contributed by atoms with Crippen molar-refractivity contribution in [2.75, 3.05) is 11.9 Å². The fourth-order valence-electron chi connectivity index (χ4n) is 2.53. The summed E-state index contributed by atoms with van der Waals surface area (Å²) in [5, 5.41) is 4.45. The number of pyridine rings is 1. The van der Waals surface area contributed by atoms with Crippen molar-refractivity contribution in [2.45, 2.75) is 18.8 Å². The van der Waals surface area contributed by atoms with E-state index in [2.05, 4.69) is 59.6 Å². The van der Waals surface area contributed by atoms with E-state index in [-0.39, 0.29) is 0 Å². The van der Waals surface area contributed by atoms with Gasteiger partial charge in [-0.1, -0.05) is 30.3 Å². The van der Waals surface area contributed by atoms with Crippen molar-refractivity contribution in [3.05, 3.63) is 58.4 Å². The zero-order chi connectivity index (χ0) is 14.8. The van der Waals surface area contributed by atoms with Crippen molar-refractivity contribution < 1.29 is 0 Å². The number of thiophene rings is 1. The van der Waals surface area contributed by atoms with Crippen molar-refractivity contribution in [3.63, 3.8) is 0 Å². The Morgan fingerprint density at radius 2 is 1.95 bits per heavy atom. The molecule has 2 aromatic heterocycles. The molecule has 0 fully saturated rings. The molecule has 0 aliphatic heterocycles. The molecule has 1 atom stereocenters. The molecular weight excluding hydrogens is 300 g/mol. The van der Waals surface area contributed by atoms with Crippen LogP contribution in [0.2, 0.25) is 0 Å². The van der Waals surface area contributed by atoms with E-state index in [0.29, 0.717) is 11.9 Å². The third-order valence-electron chi connectivity index (χ3n) is 3.87. The number of benzene rings is 1. The highest BCUT2D eigenvalue weighted by atomic mass is 35.5. The van der Waals surface area contributed by atoms with Gasteiger partial charge in [0.05, 0.1) is 6.04 Å². The largest absolute Gasteiger partial charge is 0.352 e. The summed E-state index contributed by atoms with van der Waals surface area (Å²) >= 11 is 7.81. The molecule has 0 amide bonds. The lowest BCUT2D eigenvalue weighted by Gasteiger charge is -2.26. The summed E-state index contributed by atoms with van der Waals surface area (Å²) < 4.78 is 0. The van der Waals surface area contributed by atoms with Crippen LogP contribution in [-0.2, 0) is 5.88 Å². The Hall–Kier alpha value is -1.58. The van der Waals surface area contributed by atoms with E-state index in [9.17, 15) is 0 Å². The predicted octanol–water partition coefficient (Wildman–Crippen LogP) is 5.23. The maximum Gasteiger partial charge on any atom is 0.136 e. The van der Waals surface area contributed by atoms with Gasteiger partial charge in [0, 0.05) is 29.4 Å². The molecule has 0 radical (unpaired) electrons. The van der Waals surface area contributed by atoms with E-state index in [1.165, 1.54) is 10.3 Å². The molecule has 0 saturated carbocycles. The zero-order valence-electron chi connectivity index (χ0n) is 12.1. The Labute approximate surface area is 134 Å². The van der Waals surface area contributed by atoms with Crippen molar-refractivity contribution in [2.24, 2.45) is 0 Å². The van der Waals surface area contributed by atoms with Gasteiger partial charge >= 0.3 is 0 Å². The fourth-order valence-corrected chi connectivity index (χ4v) is 3.57. The second-order valence-corrected chi connectivity index (χ2v) is 6.34. The van der Waals surface area contributed by atoms with Crippen LogP contribution in [0.25, 0.3) is 10.8 Å². The number of alkyl halides is 1. The van der Waals surface area contributed by atoms with Crippen LogP contribution in [0.5, 0.6) is 0 Å². The molecule has 1 aromatic carbocycles. The lowest BCUT2D eigenvalue weighted by atomic mass is 10.1. The van der Waals surface area contributed by atoms with E-state index >= 15 is 0 Å². The highest BCUT2D eigenvalue weighted by Crippen LogP contribution is 2.33. The van der Waals surface area contributed by atoms with Gasteiger partial charge in [-0.15, -0.1) is 22.9 Å². The summed E-state index contributed by atoms with van der Waals surface area (Å²) in [6.07, 6.45) is 1.89. The number of hydrogen-bond acceptors (Lipinski definition) is 3. The summed E-state index contributed by atoms with van der Waals surface area (Å²) in [5.74, 6) is 1.48. The van der Waals surface area contributed by atoms with Gasteiger partial charge in [0.1, 0.15) is 5.82 Å². The second kappa shape index (κ2) is 6.04. The summed E-state index contributed by atoms with van der Waals surface area (Å²) in [7, 11) is 2.10. The average molecular weight is 317 g/mol. The molecule has 4 heteroatoms. The molecule has 0 aliphatic carbocycles. The van der Waals surface area contributed by atoms with Crippen molar-refractivity contribution in [3.8, 4) is 0 Å². The number of aromatic nitrogens is 1.